The van der Waals surface area contributed by atoms with Gasteiger partial charge in [-0.2, -0.15) is 0 Å². The number of hydrogen-bond donors (Lipinski definition) is 2. The zero-order valence-corrected chi connectivity index (χ0v) is 16.1. The second kappa shape index (κ2) is 10.8. The van der Waals surface area contributed by atoms with Gasteiger partial charge in [-0.15, -0.1) is 24.8 Å². The standard InChI is InChI=1S/C17H31N3O2.2ClH/c21-15-11-16(18-12-15)17(22)20-8-4-7-19(9-10-20)13-14-5-2-1-3-6-14;;/h14-16,18,21H,1-13H2;2*1H. The zero-order valence-electron chi connectivity index (χ0n) is 14.5. The van der Waals surface area contributed by atoms with Crippen LogP contribution in [0.4, 0.5) is 0 Å². The van der Waals surface area contributed by atoms with E-state index in [9.17, 15) is 9.90 Å². The van der Waals surface area contributed by atoms with Gasteiger partial charge in [-0.1, -0.05) is 19.3 Å². The molecule has 5 nitrogen and oxygen atoms in total. The molecule has 1 aliphatic carbocycles. The third kappa shape index (κ3) is 6.03. The maximum Gasteiger partial charge on any atom is 0.239 e. The average molecular weight is 382 g/mol. The Morgan fingerprint density at radius 2 is 1.75 bits per heavy atom. The first-order valence-electron chi connectivity index (χ1n) is 9.15. The van der Waals surface area contributed by atoms with Crippen LogP contribution in [0.1, 0.15) is 44.9 Å². The lowest BCUT2D eigenvalue weighted by Gasteiger charge is -2.29. The fourth-order valence-electron chi connectivity index (χ4n) is 4.23. The summed E-state index contributed by atoms with van der Waals surface area (Å²) in [7, 11) is 0. The largest absolute Gasteiger partial charge is 0.392 e. The molecule has 3 fully saturated rings. The summed E-state index contributed by atoms with van der Waals surface area (Å²) in [5, 5.41) is 12.7. The topological polar surface area (TPSA) is 55.8 Å². The van der Waals surface area contributed by atoms with E-state index in [0.717, 1.165) is 38.5 Å². The lowest BCUT2D eigenvalue weighted by molar-refractivity contribution is -0.133. The van der Waals surface area contributed by atoms with Gasteiger partial charge in [-0.25, -0.2) is 0 Å². The van der Waals surface area contributed by atoms with Crippen molar-refractivity contribution in [3.63, 3.8) is 0 Å². The van der Waals surface area contributed by atoms with Crippen molar-refractivity contribution in [3.8, 4) is 0 Å². The number of rotatable bonds is 3. The van der Waals surface area contributed by atoms with Crippen LogP contribution in [0, 0.1) is 5.92 Å². The quantitative estimate of drug-likeness (QED) is 0.780. The molecule has 2 aliphatic heterocycles. The fourth-order valence-corrected chi connectivity index (χ4v) is 4.23. The third-order valence-corrected chi connectivity index (χ3v) is 5.55. The molecule has 0 spiro atoms. The van der Waals surface area contributed by atoms with E-state index in [2.05, 4.69) is 10.2 Å². The number of nitrogens with zero attached hydrogens (tertiary/aromatic N) is 2. The molecule has 2 heterocycles. The molecule has 0 aromatic rings. The van der Waals surface area contributed by atoms with Gasteiger partial charge < -0.3 is 20.2 Å². The Balaban J connectivity index is 0.00000144. The van der Waals surface area contributed by atoms with Crippen LogP contribution in [0.3, 0.4) is 0 Å². The molecule has 1 saturated carbocycles. The van der Waals surface area contributed by atoms with Gasteiger partial charge in [0.1, 0.15) is 0 Å². The summed E-state index contributed by atoms with van der Waals surface area (Å²) in [6.07, 6.45) is 8.29. The van der Waals surface area contributed by atoms with E-state index in [-0.39, 0.29) is 42.9 Å². The minimum absolute atomic E-state index is 0. The van der Waals surface area contributed by atoms with Crippen LogP contribution in [0.5, 0.6) is 0 Å². The van der Waals surface area contributed by atoms with Gasteiger partial charge >= 0.3 is 0 Å². The molecule has 1 amide bonds. The van der Waals surface area contributed by atoms with Gasteiger partial charge in [0.25, 0.3) is 0 Å². The first-order valence-corrected chi connectivity index (χ1v) is 9.15. The van der Waals surface area contributed by atoms with Gasteiger partial charge in [0.15, 0.2) is 0 Å². The number of nitrogens with one attached hydrogen (secondary N) is 1. The molecule has 2 N–H and O–H groups in total. The van der Waals surface area contributed by atoms with Gasteiger partial charge in [-0.05, 0) is 38.1 Å². The summed E-state index contributed by atoms with van der Waals surface area (Å²) >= 11 is 0. The van der Waals surface area contributed by atoms with Gasteiger partial charge in [-0.3, -0.25) is 4.79 Å². The summed E-state index contributed by atoms with van der Waals surface area (Å²) in [6.45, 7) is 5.63. The Morgan fingerprint density at radius 3 is 2.42 bits per heavy atom. The van der Waals surface area contributed by atoms with Crippen molar-refractivity contribution in [2.75, 3.05) is 39.3 Å². The van der Waals surface area contributed by atoms with Crippen LogP contribution in [0.15, 0.2) is 0 Å². The predicted molar refractivity (Wildman–Crippen MR) is 101 cm³/mol. The SMILES string of the molecule is Cl.Cl.O=C(C1CC(O)CN1)N1CCCN(CC2CCCCC2)CC1. The number of halogens is 2. The molecular formula is C17H33Cl2N3O2. The van der Waals surface area contributed by atoms with Crippen molar-refractivity contribution >= 4 is 30.7 Å². The number of aliphatic hydroxyl groups is 1. The minimum atomic E-state index is -0.358. The van der Waals surface area contributed by atoms with Gasteiger partial charge in [0, 0.05) is 32.7 Å². The smallest absolute Gasteiger partial charge is 0.239 e. The Bertz CT molecular complexity index is 381. The van der Waals surface area contributed by atoms with E-state index >= 15 is 0 Å². The molecule has 24 heavy (non-hydrogen) atoms. The first-order chi connectivity index (χ1) is 10.7. The molecular weight excluding hydrogens is 349 g/mol. The molecule has 3 rings (SSSR count). The number of aliphatic hydroxyl groups excluding tert-OH is 1. The third-order valence-electron chi connectivity index (χ3n) is 5.55. The second-order valence-corrected chi connectivity index (χ2v) is 7.33. The highest BCUT2D eigenvalue weighted by atomic mass is 35.5. The van der Waals surface area contributed by atoms with Crippen LogP contribution in [0.2, 0.25) is 0 Å². The zero-order chi connectivity index (χ0) is 15.4. The van der Waals surface area contributed by atoms with E-state index < -0.39 is 0 Å². The minimum Gasteiger partial charge on any atom is -0.392 e. The molecule has 2 atom stereocenters. The molecule has 0 bridgehead atoms. The number of carbonyl (C=O) groups excluding carboxylic acids is 1. The summed E-state index contributed by atoms with van der Waals surface area (Å²) in [5.74, 6) is 1.07. The lowest BCUT2D eigenvalue weighted by Crippen LogP contribution is -2.45. The van der Waals surface area contributed by atoms with Crippen LogP contribution in [-0.4, -0.2) is 72.2 Å². The molecule has 142 valence electrons. The highest BCUT2D eigenvalue weighted by molar-refractivity contribution is 5.85. The molecule has 2 saturated heterocycles. The normalized spacial score (nSPS) is 29.5. The van der Waals surface area contributed by atoms with E-state index in [1.807, 2.05) is 4.90 Å². The predicted octanol–water partition coefficient (Wildman–Crippen LogP) is 1.67. The van der Waals surface area contributed by atoms with Crippen molar-refractivity contribution in [2.24, 2.45) is 5.92 Å². The highest BCUT2D eigenvalue weighted by Gasteiger charge is 2.32. The van der Waals surface area contributed by atoms with Crippen molar-refractivity contribution < 1.29 is 9.90 Å². The van der Waals surface area contributed by atoms with Crippen LogP contribution in [-0.2, 0) is 4.79 Å². The maximum absolute atomic E-state index is 12.5. The fraction of sp³-hybridized carbons (Fsp3) is 0.941. The molecule has 0 aromatic heterocycles. The Kier molecular flexibility index (Phi) is 9.90. The number of β-amino-alcohol motifs (C(OH)–C–C–N with tert-alkyl or cyclic N) is 1. The van der Waals surface area contributed by atoms with E-state index in [0.29, 0.717) is 13.0 Å². The lowest BCUT2D eigenvalue weighted by atomic mass is 9.89. The molecule has 2 unspecified atom stereocenters. The number of amides is 1. The summed E-state index contributed by atoms with van der Waals surface area (Å²) < 4.78 is 0. The summed E-state index contributed by atoms with van der Waals surface area (Å²) in [5.41, 5.74) is 0. The van der Waals surface area contributed by atoms with E-state index in [1.165, 1.54) is 38.6 Å². The average Bonchev–Trinajstić information content (AvgIpc) is 2.83. The summed E-state index contributed by atoms with van der Waals surface area (Å²) in [6, 6.07) is -0.167. The molecule has 0 radical (unpaired) electrons. The maximum atomic E-state index is 12.5. The molecule has 0 aromatic carbocycles. The highest BCUT2D eigenvalue weighted by Crippen LogP contribution is 2.24. The molecule has 7 heteroatoms. The van der Waals surface area contributed by atoms with Crippen molar-refractivity contribution in [2.45, 2.75) is 57.1 Å². The Hall–Kier alpha value is -0.0700. The van der Waals surface area contributed by atoms with Crippen molar-refractivity contribution in [1.29, 1.82) is 0 Å². The van der Waals surface area contributed by atoms with Crippen LogP contribution >= 0.6 is 24.8 Å². The molecule has 3 aliphatic rings. The van der Waals surface area contributed by atoms with E-state index in [1.54, 1.807) is 0 Å². The van der Waals surface area contributed by atoms with Gasteiger partial charge in [0.05, 0.1) is 12.1 Å². The second-order valence-electron chi connectivity index (χ2n) is 7.33. The Labute approximate surface area is 158 Å². The van der Waals surface area contributed by atoms with E-state index in [4.69, 9.17) is 0 Å². The monoisotopic (exact) mass is 381 g/mol. The van der Waals surface area contributed by atoms with Crippen molar-refractivity contribution in [1.82, 2.24) is 15.1 Å². The Morgan fingerprint density at radius 1 is 1.00 bits per heavy atom. The first kappa shape index (κ1) is 22.0. The van der Waals surface area contributed by atoms with Crippen molar-refractivity contribution in [3.05, 3.63) is 0 Å². The van der Waals surface area contributed by atoms with Crippen LogP contribution < -0.4 is 5.32 Å². The summed E-state index contributed by atoms with van der Waals surface area (Å²) in [4.78, 5) is 17.1. The van der Waals surface area contributed by atoms with Gasteiger partial charge in [0.2, 0.25) is 5.91 Å². The number of carbonyl (C=O) groups is 1. The van der Waals surface area contributed by atoms with Crippen LogP contribution in [0.25, 0.3) is 0 Å². The number of hydrogen-bond acceptors (Lipinski definition) is 4.